The zero-order valence-electron chi connectivity index (χ0n) is 9.21. The number of hydrogen-bond donors (Lipinski definition) is 2. The molecule has 1 heterocycles. The maximum absolute atomic E-state index is 11.7. The number of aliphatic hydroxyl groups is 1. The molecule has 0 radical (unpaired) electrons. The number of aliphatic hydroxyl groups excluding tert-OH is 1. The summed E-state index contributed by atoms with van der Waals surface area (Å²) in [6.07, 6.45) is 0.524. The molecule has 1 aliphatic heterocycles. The molecule has 14 heavy (non-hydrogen) atoms. The van der Waals surface area contributed by atoms with Gasteiger partial charge in [0.25, 0.3) is 0 Å². The van der Waals surface area contributed by atoms with E-state index in [-0.39, 0.29) is 24.1 Å². The number of hydrogen-bond acceptors (Lipinski definition) is 3. The predicted molar refractivity (Wildman–Crippen MR) is 55.0 cm³/mol. The van der Waals surface area contributed by atoms with Gasteiger partial charge in [-0.25, -0.2) is 0 Å². The summed E-state index contributed by atoms with van der Waals surface area (Å²) in [7, 11) is 0. The van der Waals surface area contributed by atoms with Crippen LogP contribution in [0.4, 0.5) is 0 Å². The third kappa shape index (κ3) is 2.45. The van der Waals surface area contributed by atoms with Crippen molar-refractivity contribution in [2.75, 3.05) is 19.7 Å². The first kappa shape index (κ1) is 11.5. The summed E-state index contributed by atoms with van der Waals surface area (Å²) in [5.74, 6) is 0.0390. The van der Waals surface area contributed by atoms with Gasteiger partial charge in [-0.2, -0.15) is 0 Å². The molecule has 0 bridgehead atoms. The van der Waals surface area contributed by atoms with Crippen molar-refractivity contribution >= 4 is 5.91 Å². The van der Waals surface area contributed by atoms with Crippen LogP contribution in [0.3, 0.4) is 0 Å². The van der Waals surface area contributed by atoms with E-state index in [4.69, 9.17) is 5.11 Å². The monoisotopic (exact) mass is 200 g/mol. The Morgan fingerprint density at radius 1 is 1.64 bits per heavy atom. The molecule has 1 rings (SSSR count). The highest BCUT2D eigenvalue weighted by Crippen LogP contribution is 2.17. The molecule has 0 spiro atoms. The summed E-state index contributed by atoms with van der Waals surface area (Å²) in [5, 5.41) is 11.8. The molecule has 82 valence electrons. The number of amides is 1. The first-order chi connectivity index (χ1) is 6.50. The van der Waals surface area contributed by atoms with E-state index in [0.29, 0.717) is 6.42 Å². The number of carbonyl (C=O) groups is 1. The Morgan fingerprint density at radius 2 is 2.29 bits per heavy atom. The zero-order valence-corrected chi connectivity index (χ0v) is 9.21. The van der Waals surface area contributed by atoms with Crippen molar-refractivity contribution in [3.63, 3.8) is 0 Å². The molecule has 0 aromatic rings. The fourth-order valence-corrected chi connectivity index (χ4v) is 2.01. The quantitative estimate of drug-likeness (QED) is 0.672. The molecule has 0 saturated carbocycles. The molecule has 0 aliphatic carbocycles. The second-order valence-electron chi connectivity index (χ2n) is 4.46. The molecule has 1 atom stereocenters. The molecule has 1 unspecified atom stereocenters. The van der Waals surface area contributed by atoms with Crippen LogP contribution in [0.25, 0.3) is 0 Å². The number of likely N-dealkylation sites (N-methyl/N-ethyl adjacent to an activating group) is 1. The number of rotatable bonds is 3. The topological polar surface area (TPSA) is 52.6 Å². The smallest absolute Gasteiger partial charge is 0.237 e. The second-order valence-corrected chi connectivity index (χ2v) is 4.46. The van der Waals surface area contributed by atoms with Crippen molar-refractivity contribution in [3.05, 3.63) is 0 Å². The lowest BCUT2D eigenvalue weighted by atomic mass is 9.97. The van der Waals surface area contributed by atoms with Crippen LogP contribution < -0.4 is 5.32 Å². The number of nitrogens with zero attached hydrogens (tertiary/aromatic N) is 1. The summed E-state index contributed by atoms with van der Waals surface area (Å²) in [5.41, 5.74) is -0.154. The van der Waals surface area contributed by atoms with Crippen LogP contribution in [-0.2, 0) is 4.79 Å². The lowest BCUT2D eigenvalue weighted by Gasteiger charge is -2.43. The van der Waals surface area contributed by atoms with Gasteiger partial charge in [-0.05, 0) is 26.8 Å². The molecule has 0 aromatic carbocycles. The third-order valence-electron chi connectivity index (χ3n) is 2.61. The number of nitrogens with one attached hydrogen (secondary N) is 1. The van der Waals surface area contributed by atoms with Gasteiger partial charge in [0.15, 0.2) is 0 Å². The molecule has 4 heteroatoms. The largest absolute Gasteiger partial charge is 0.396 e. The van der Waals surface area contributed by atoms with Crippen LogP contribution in [0.1, 0.15) is 27.2 Å². The van der Waals surface area contributed by atoms with Crippen LogP contribution in [0.15, 0.2) is 0 Å². The number of carbonyl (C=O) groups excluding carboxylic acids is 1. The lowest BCUT2D eigenvalue weighted by molar-refractivity contribution is -0.133. The minimum absolute atomic E-state index is 0.0390. The van der Waals surface area contributed by atoms with E-state index in [1.807, 2.05) is 20.8 Å². The maximum Gasteiger partial charge on any atom is 0.237 e. The SMILES string of the molecule is CCN1CC(C)(C)NC(=O)C1CCO. The van der Waals surface area contributed by atoms with E-state index >= 15 is 0 Å². The number of piperazine rings is 1. The molecule has 1 amide bonds. The van der Waals surface area contributed by atoms with E-state index in [0.717, 1.165) is 13.1 Å². The van der Waals surface area contributed by atoms with Crippen molar-refractivity contribution in [1.82, 2.24) is 10.2 Å². The highest BCUT2D eigenvalue weighted by molar-refractivity contribution is 5.83. The van der Waals surface area contributed by atoms with E-state index in [1.165, 1.54) is 0 Å². The molecule has 0 aromatic heterocycles. The fraction of sp³-hybridized carbons (Fsp3) is 0.900. The minimum Gasteiger partial charge on any atom is -0.396 e. The highest BCUT2D eigenvalue weighted by atomic mass is 16.3. The molecule has 4 nitrogen and oxygen atoms in total. The Kier molecular flexibility index (Phi) is 3.50. The van der Waals surface area contributed by atoms with E-state index in [2.05, 4.69) is 10.2 Å². The minimum atomic E-state index is -0.155. The van der Waals surface area contributed by atoms with Crippen LogP contribution in [-0.4, -0.2) is 47.2 Å². The summed E-state index contributed by atoms with van der Waals surface area (Å²) in [6, 6.07) is -0.155. The van der Waals surface area contributed by atoms with Gasteiger partial charge in [-0.15, -0.1) is 0 Å². The van der Waals surface area contributed by atoms with Crippen molar-refractivity contribution in [3.8, 4) is 0 Å². The van der Waals surface area contributed by atoms with Gasteiger partial charge in [0.2, 0.25) is 5.91 Å². The molecule has 1 saturated heterocycles. The van der Waals surface area contributed by atoms with Crippen molar-refractivity contribution in [2.24, 2.45) is 0 Å². The van der Waals surface area contributed by atoms with Crippen molar-refractivity contribution < 1.29 is 9.90 Å². The predicted octanol–water partition coefficient (Wildman–Crippen LogP) is -0.0323. The Balaban J connectivity index is 2.71. The summed E-state index contributed by atoms with van der Waals surface area (Å²) in [4.78, 5) is 13.8. The van der Waals surface area contributed by atoms with E-state index < -0.39 is 0 Å². The standard InChI is InChI=1S/C10H20N2O2/c1-4-12-7-10(2,3)11-9(14)8(12)5-6-13/h8,13H,4-7H2,1-3H3,(H,11,14). The van der Waals surface area contributed by atoms with Gasteiger partial charge < -0.3 is 10.4 Å². The van der Waals surface area contributed by atoms with Crippen LogP contribution in [0.2, 0.25) is 0 Å². The van der Waals surface area contributed by atoms with Crippen LogP contribution >= 0.6 is 0 Å². The highest BCUT2D eigenvalue weighted by Gasteiger charge is 2.36. The second kappa shape index (κ2) is 4.28. The first-order valence-corrected chi connectivity index (χ1v) is 5.17. The summed E-state index contributed by atoms with van der Waals surface area (Å²) in [6.45, 7) is 7.83. The molecule has 1 fully saturated rings. The van der Waals surface area contributed by atoms with E-state index in [1.54, 1.807) is 0 Å². The lowest BCUT2D eigenvalue weighted by Crippen LogP contribution is -2.64. The first-order valence-electron chi connectivity index (χ1n) is 5.17. The van der Waals surface area contributed by atoms with Gasteiger partial charge in [0, 0.05) is 18.7 Å². The average Bonchev–Trinajstić information content (AvgIpc) is 2.08. The Bertz CT molecular complexity index is 216. The maximum atomic E-state index is 11.7. The van der Waals surface area contributed by atoms with Gasteiger partial charge in [0.05, 0.1) is 6.04 Å². The Hall–Kier alpha value is -0.610. The average molecular weight is 200 g/mol. The van der Waals surface area contributed by atoms with Crippen molar-refractivity contribution in [2.45, 2.75) is 38.8 Å². The van der Waals surface area contributed by atoms with Crippen LogP contribution in [0, 0.1) is 0 Å². The normalized spacial score (nSPS) is 27.4. The Labute approximate surface area is 85.3 Å². The van der Waals surface area contributed by atoms with Crippen LogP contribution in [0.5, 0.6) is 0 Å². The third-order valence-corrected chi connectivity index (χ3v) is 2.61. The van der Waals surface area contributed by atoms with Crippen molar-refractivity contribution in [1.29, 1.82) is 0 Å². The summed E-state index contributed by atoms with van der Waals surface area (Å²) >= 11 is 0. The molecule has 2 N–H and O–H groups in total. The van der Waals surface area contributed by atoms with Gasteiger partial charge in [0.1, 0.15) is 0 Å². The summed E-state index contributed by atoms with van der Waals surface area (Å²) < 4.78 is 0. The molecule has 1 aliphatic rings. The molecular formula is C10H20N2O2. The molecular weight excluding hydrogens is 180 g/mol. The Morgan fingerprint density at radius 3 is 2.79 bits per heavy atom. The zero-order chi connectivity index (χ0) is 10.8. The van der Waals surface area contributed by atoms with Gasteiger partial charge in [-0.1, -0.05) is 6.92 Å². The van der Waals surface area contributed by atoms with Gasteiger partial charge in [-0.3, -0.25) is 9.69 Å². The fourth-order valence-electron chi connectivity index (χ4n) is 2.01. The van der Waals surface area contributed by atoms with Gasteiger partial charge >= 0.3 is 0 Å². The van der Waals surface area contributed by atoms with E-state index in [9.17, 15) is 4.79 Å².